The lowest BCUT2D eigenvalue weighted by atomic mass is 10.2. The number of benzene rings is 1. The zero-order chi connectivity index (χ0) is 15.4. The van der Waals surface area contributed by atoms with Crippen LogP contribution in [0.4, 0.5) is 4.79 Å². The third-order valence-electron chi connectivity index (χ3n) is 3.20. The van der Waals surface area contributed by atoms with Crippen LogP contribution in [0.15, 0.2) is 42.7 Å². The smallest absolute Gasteiger partial charge is 0.408 e. The lowest BCUT2D eigenvalue weighted by Gasteiger charge is -2.26. The quantitative estimate of drug-likeness (QED) is 0.817. The Bertz CT molecular complexity index is 673. The highest BCUT2D eigenvalue weighted by Crippen LogP contribution is 2.13. The Morgan fingerprint density at radius 1 is 1.27 bits per heavy atom. The normalized spacial score (nSPS) is 16.4. The Labute approximate surface area is 126 Å². The van der Waals surface area contributed by atoms with Crippen LogP contribution in [0.25, 0.3) is 11.4 Å². The van der Waals surface area contributed by atoms with Crippen molar-refractivity contribution >= 4 is 12.0 Å². The first-order valence-corrected chi connectivity index (χ1v) is 6.80. The van der Waals surface area contributed by atoms with Gasteiger partial charge in [-0.05, 0) is 0 Å². The molecule has 1 aromatic heterocycles. The Morgan fingerprint density at radius 3 is 2.59 bits per heavy atom. The van der Waals surface area contributed by atoms with E-state index in [4.69, 9.17) is 4.74 Å². The number of nitrogens with zero attached hydrogens (tertiary/aromatic N) is 2. The van der Waals surface area contributed by atoms with Gasteiger partial charge in [0.15, 0.2) is 5.82 Å². The number of carbonyl (C=O) groups excluding carboxylic acids is 2. The fourth-order valence-electron chi connectivity index (χ4n) is 1.90. The van der Waals surface area contributed by atoms with Crippen molar-refractivity contribution in [1.29, 1.82) is 0 Å². The van der Waals surface area contributed by atoms with Crippen LogP contribution in [0, 0.1) is 0 Å². The number of nitrogens with one attached hydrogen (secondary N) is 2. The van der Waals surface area contributed by atoms with Crippen LogP contribution in [-0.4, -0.2) is 34.6 Å². The SMILES string of the molecule is O=C(N[C@H]1CNC1=O)OCc1cnc(-c2ccccc2)nc1. The number of β-lactam (4-membered cyclic amide) rings is 1. The van der Waals surface area contributed by atoms with Crippen LogP contribution in [0.3, 0.4) is 0 Å². The summed E-state index contributed by atoms with van der Waals surface area (Å²) < 4.78 is 5.02. The van der Waals surface area contributed by atoms with Crippen molar-refractivity contribution in [2.45, 2.75) is 12.6 Å². The first-order chi connectivity index (χ1) is 10.7. The average Bonchev–Trinajstić information content (AvgIpc) is 2.58. The van der Waals surface area contributed by atoms with E-state index in [0.29, 0.717) is 17.9 Å². The molecule has 2 aromatic rings. The van der Waals surface area contributed by atoms with Gasteiger partial charge < -0.3 is 15.4 Å². The summed E-state index contributed by atoms with van der Waals surface area (Å²) in [6.07, 6.45) is 2.59. The van der Waals surface area contributed by atoms with Crippen LogP contribution in [0.2, 0.25) is 0 Å². The second-order valence-corrected chi connectivity index (χ2v) is 4.80. The van der Waals surface area contributed by atoms with E-state index in [2.05, 4.69) is 20.6 Å². The topological polar surface area (TPSA) is 93.2 Å². The summed E-state index contributed by atoms with van der Waals surface area (Å²) in [5.41, 5.74) is 1.59. The molecule has 112 valence electrons. The molecule has 0 unspecified atom stereocenters. The maximum Gasteiger partial charge on any atom is 0.408 e. The van der Waals surface area contributed by atoms with Crippen molar-refractivity contribution in [1.82, 2.24) is 20.6 Å². The number of hydrogen-bond acceptors (Lipinski definition) is 5. The molecule has 1 fully saturated rings. The highest BCUT2D eigenvalue weighted by atomic mass is 16.5. The first-order valence-electron chi connectivity index (χ1n) is 6.80. The molecule has 2 heterocycles. The molecule has 0 aliphatic carbocycles. The van der Waals surface area contributed by atoms with Crippen molar-refractivity contribution in [2.24, 2.45) is 0 Å². The van der Waals surface area contributed by atoms with E-state index < -0.39 is 12.1 Å². The van der Waals surface area contributed by atoms with Crippen molar-refractivity contribution in [3.05, 3.63) is 48.3 Å². The lowest BCUT2D eigenvalue weighted by Crippen LogP contribution is -2.61. The zero-order valence-electron chi connectivity index (χ0n) is 11.7. The molecule has 2 amide bonds. The minimum atomic E-state index is -0.632. The van der Waals surface area contributed by atoms with Gasteiger partial charge in [0.2, 0.25) is 5.91 Å². The van der Waals surface area contributed by atoms with Gasteiger partial charge in [-0.1, -0.05) is 30.3 Å². The predicted octanol–water partition coefficient (Wildman–Crippen LogP) is 0.868. The summed E-state index contributed by atoms with van der Waals surface area (Å²) in [6, 6.07) is 9.09. The molecule has 1 aromatic carbocycles. The standard InChI is InChI=1S/C15H14N4O3/c20-14-12(8-18-14)19-15(21)22-9-10-6-16-13(17-7-10)11-4-2-1-3-5-11/h1-7,12H,8-9H2,(H,18,20)(H,19,21)/t12-/m0/s1. The van der Waals surface area contributed by atoms with E-state index in [1.54, 1.807) is 12.4 Å². The molecule has 3 rings (SSSR count). The third-order valence-corrected chi connectivity index (χ3v) is 3.20. The van der Waals surface area contributed by atoms with Crippen LogP contribution < -0.4 is 10.6 Å². The summed E-state index contributed by atoms with van der Waals surface area (Å²) >= 11 is 0. The summed E-state index contributed by atoms with van der Waals surface area (Å²) in [5, 5.41) is 4.99. The van der Waals surface area contributed by atoms with Crippen molar-refractivity contribution in [2.75, 3.05) is 6.54 Å². The Balaban J connectivity index is 1.53. The van der Waals surface area contributed by atoms with E-state index in [0.717, 1.165) is 5.56 Å². The van der Waals surface area contributed by atoms with Crippen molar-refractivity contribution < 1.29 is 14.3 Å². The second kappa shape index (κ2) is 6.21. The number of rotatable bonds is 4. The van der Waals surface area contributed by atoms with Crippen LogP contribution in [0.5, 0.6) is 0 Å². The molecule has 7 heteroatoms. The number of hydrogen-bond donors (Lipinski definition) is 2. The molecule has 0 spiro atoms. The zero-order valence-corrected chi connectivity index (χ0v) is 11.7. The maximum atomic E-state index is 11.5. The molecule has 1 aliphatic heterocycles. The molecule has 1 saturated heterocycles. The molecule has 1 atom stereocenters. The monoisotopic (exact) mass is 298 g/mol. The predicted molar refractivity (Wildman–Crippen MR) is 77.6 cm³/mol. The molecular formula is C15H14N4O3. The lowest BCUT2D eigenvalue weighted by molar-refractivity contribution is -0.128. The van der Waals surface area contributed by atoms with Gasteiger partial charge in [-0.15, -0.1) is 0 Å². The molecule has 0 saturated carbocycles. The van der Waals surface area contributed by atoms with Gasteiger partial charge in [-0.25, -0.2) is 14.8 Å². The minimum absolute atomic E-state index is 0.0508. The molecule has 2 N–H and O–H groups in total. The largest absolute Gasteiger partial charge is 0.445 e. The average molecular weight is 298 g/mol. The van der Waals surface area contributed by atoms with Crippen LogP contribution in [-0.2, 0) is 16.1 Å². The van der Waals surface area contributed by atoms with Gasteiger partial charge in [0.1, 0.15) is 12.6 Å². The van der Waals surface area contributed by atoms with Gasteiger partial charge in [0.05, 0.1) is 0 Å². The Kier molecular flexibility index (Phi) is 3.95. The van der Waals surface area contributed by atoms with Gasteiger partial charge in [0.25, 0.3) is 0 Å². The number of aromatic nitrogens is 2. The van der Waals surface area contributed by atoms with E-state index >= 15 is 0 Å². The highest BCUT2D eigenvalue weighted by molar-refractivity contribution is 5.90. The molecule has 0 radical (unpaired) electrons. The first kappa shape index (κ1) is 14.0. The summed E-state index contributed by atoms with van der Waals surface area (Å²) in [5.74, 6) is 0.410. The van der Waals surface area contributed by atoms with Gasteiger partial charge in [0, 0.05) is 30.1 Å². The van der Waals surface area contributed by atoms with Gasteiger partial charge >= 0.3 is 6.09 Å². The molecular weight excluding hydrogens is 284 g/mol. The number of alkyl carbamates (subject to hydrolysis) is 1. The Morgan fingerprint density at radius 2 is 2.00 bits per heavy atom. The molecule has 0 bridgehead atoms. The van der Waals surface area contributed by atoms with Crippen molar-refractivity contribution in [3.8, 4) is 11.4 Å². The molecule has 1 aliphatic rings. The number of carbonyl (C=O) groups is 2. The van der Waals surface area contributed by atoms with E-state index in [-0.39, 0.29) is 12.5 Å². The maximum absolute atomic E-state index is 11.5. The van der Waals surface area contributed by atoms with Gasteiger partial charge in [-0.3, -0.25) is 4.79 Å². The van der Waals surface area contributed by atoms with Crippen molar-refractivity contribution in [3.63, 3.8) is 0 Å². The van der Waals surface area contributed by atoms with E-state index in [1.165, 1.54) is 0 Å². The van der Waals surface area contributed by atoms with Gasteiger partial charge in [-0.2, -0.15) is 0 Å². The molecule has 22 heavy (non-hydrogen) atoms. The van der Waals surface area contributed by atoms with Crippen LogP contribution >= 0.6 is 0 Å². The highest BCUT2D eigenvalue weighted by Gasteiger charge is 2.29. The fraction of sp³-hybridized carbons (Fsp3) is 0.200. The fourth-order valence-corrected chi connectivity index (χ4v) is 1.90. The van der Waals surface area contributed by atoms with Crippen LogP contribution in [0.1, 0.15) is 5.56 Å². The van der Waals surface area contributed by atoms with E-state index in [9.17, 15) is 9.59 Å². The van der Waals surface area contributed by atoms with E-state index in [1.807, 2.05) is 30.3 Å². The Hall–Kier alpha value is -2.96. The number of ether oxygens (including phenoxy) is 1. The molecule has 7 nitrogen and oxygen atoms in total. The number of amides is 2. The second-order valence-electron chi connectivity index (χ2n) is 4.80. The third kappa shape index (κ3) is 3.20. The minimum Gasteiger partial charge on any atom is -0.445 e. The summed E-state index contributed by atoms with van der Waals surface area (Å²) in [7, 11) is 0. The summed E-state index contributed by atoms with van der Waals surface area (Å²) in [4.78, 5) is 31.0. The summed E-state index contributed by atoms with van der Waals surface area (Å²) in [6.45, 7) is 0.484.